The molecule has 0 spiro atoms. The molecule has 0 fully saturated rings. The third-order valence-electron chi connectivity index (χ3n) is 2.83. The van der Waals surface area contributed by atoms with E-state index in [1.54, 1.807) is 30.6 Å². The van der Waals surface area contributed by atoms with Crippen LogP contribution in [0.15, 0.2) is 42.7 Å². The lowest BCUT2D eigenvalue weighted by atomic mass is 10.1. The molecule has 0 aliphatic rings. The molecule has 20 heavy (non-hydrogen) atoms. The Kier molecular flexibility index (Phi) is 5.12. The maximum atomic E-state index is 12.1. The van der Waals surface area contributed by atoms with E-state index < -0.39 is 0 Å². The fourth-order valence-electron chi connectivity index (χ4n) is 1.87. The van der Waals surface area contributed by atoms with Gasteiger partial charge in [-0.15, -0.1) is 0 Å². The molecule has 1 aromatic heterocycles. The van der Waals surface area contributed by atoms with Crippen molar-refractivity contribution in [3.63, 3.8) is 0 Å². The predicted octanol–water partition coefficient (Wildman–Crippen LogP) is 3.70. The Bertz CT molecular complexity index is 602. The number of ketones is 1. The number of hydrogen-bond acceptors (Lipinski definition) is 3. The normalized spacial score (nSPS) is 10.8. The van der Waals surface area contributed by atoms with Crippen molar-refractivity contribution in [1.29, 1.82) is 0 Å². The molecule has 0 saturated heterocycles. The highest BCUT2D eigenvalue weighted by Crippen LogP contribution is 2.22. The van der Waals surface area contributed by atoms with Crippen molar-refractivity contribution in [3.8, 4) is 0 Å². The Labute approximate surface area is 128 Å². The van der Waals surface area contributed by atoms with Crippen LogP contribution in [0.4, 0.5) is 0 Å². The maximum Gasteiger partial charge on any atom is 0.176 e. The Morgan fingerprint density at radius 1 is 1.25 bits per heavy atom. The monoisotopic (exact) mass is 308 g/mol. The molecule has 0 radical (unpaired) electrons. The van der Waals surface area contributed by atoms with Crippen molar-refractivity contribution in [2.24, 2.45) is 0 Å². The minimum absolute atomic E-state index is 0.00922. The number of Topliss-reactive ketones (excluding diaryl/α,β-unsaturated/α-hetero) is 1. The number of rotatable bonds is 5. The number of hydrogen-bond donors (Lipinski definition) is 0. The van der Waals surface area contributed by atoms with Gasteiger partial charge in [-0.25, -0.2) is 0 Å². The SMILES string of the molecule is CN(CC(=O)c1ccc(Cl)c(Cl)c1)Cc1cccnc1. The number of nitrogens with zero attached hydrogens (tertiary/aromatic N) is 2. The van der Waals surface area contributed by atoms with Gasteiger partial charge in [0.2, 0.25) is 0 Å². The summed E-state index contributed by atoms with van der Waals surface area (Å²) >= 11 is 11.8. The van der Waals surface area contributed by atoms with Crippen LogP contribution < -0.4 is 0 Å². The number of aromatic nitrogens is 1. The molecule has 0 aliphatic carbocycles. The van der Waals surface area contributed by atoms with Crippen LogP contribution in [-0.4, -0.2) is 29.3 Å². The average molecular weight is 309 g/mol. The van der Waals surface area contributed by atoms with Crippen molar-refractivity contribution in [3.05, 3.63) is 63.9 Å². The first-order valence-electron chi connectivity index (χ1n) is 6.12. The van der Waals surface area contributed by atoms with E-state index in [1.807, 2.05) is 24.1 Å². The van der Waals surface area contributed by atoms with Gasteiger partial charge in [0.1, 0.15) is 0 Å². The van der Waals surface area contributed by atoms with Crippen molar-refractivity contribution in [2.45, 2.75) is 6.54 Å². The second-order valence-electron chi connectivity index (χ2n) is 4.59. The molecule has 0 bridgehead atoms. The molecule has 2 aromatic rings. The van der Waals surface area contributed by atoms with E-state index in [-0.39, 0.29) is 5.78 Å². The van der Waals surface area contributed by atoms with E-state index in [1.165, 1.54) is 0 Å². The van der Waals surface area contributed by atoms with Crippen LogP contribution in [0.3, 0.4) is 0 Å². The van der Waals surface area contributed by atoms with Crippen LogP contribution in [0.5, 0.6) is 0 Å². The van der Waals surface area contributed by atoms with Crippen LogP contribution in [0.1, 0.15) is 15.9 Å². The van der Waals surface area contributed by atoms with Crippen LogP contribution in [0.25, 0.3) is 0 Å². The lowest BCUT2D eigenvalue weighted by Crippen LogP contribution is -2.25. The number of carbonyl (C=O) groups is 1. The summed E-state index contributed by atoms with van der Waals surface area (Å²) in [4.78, 5) is 18.1. The molecule has 0 aliphatic heterocycles. The number of benzene rings is 1. The second-order valence-corrected chi connectivity index (χ2v) is 5.40. The van der Waals surface area contributed by atoms with Gasteiger partial charge < -0.3 is 0 Å². The van der Waals surface area contributed by atoms with Gasteiger partial charge in [0.05, 0.1) is 16.6 Å². The third-order valence-corrected chi connectivity index (χ3v) is 3.57. The summed E-state index contributed by atoms with van der Waals surface area (Å²) in [5.74, 6) is 0.00922. The highest BCUT2D eigenvalue weighted by molar-refractivity contribution is 6.42. The third kappa shape index (κ3) is 4.04. The summed E-state index contributed by atoms with van der Waals surface area (Å²) in [6, 6.07) is 8.79. The second kappa shape index (κ2) is 6.84. The largest absolute Gasteiger partial charge is 0.295 e. The molecule has 2 rings (SSSR count). The van der Waals surface area contributed by atoms with Gasteiger partial charge in [-0.1, -0.05) is 29.3 Å². The van der Waals surface area contributed by atoms with Gasteiger partial charge in [-0.05, 0) is 36.9 Å². The van der Waals surface area contributed by atoms with E-state index in [9.17, 15) is 4.79 Å². The zero-order chi connectivity index (χ0) is 14.5. The predicted molar refractivity (Wildman–Crippen MR) is 81.4 cm³/mol. The van der Waals surface area contributed by atoms with E-state index in [4.69, 9.17) is 23.2 Å². The Balaban J connectivity index is 1.98. The first kappa shape index (κ1) is 15.0. The molecule has 0 amide bonds. The smallest absolute Gasteiger partial charge is 0.176 e. The molecule has 0 saturated carbocycles. The van der Waals surface area contributed by atoms with E-state index in [0.29, 0.717) is 28.7 Å². The molecular formula is C15H14Cl2N2O. The maximum absolute atomic E-state index is 12.1. The highest BCUT2D eigenvalue weighted by Gasteiger charge is 2.11. The summed E-state index contributed by atoms with van der Waals surface area (Å²) in [6.45, 7) is 0.980. The van der Waals surface area contributed by atoms with Gasteiger partial charge >= 0.3 is 0 Å². The molecule has 5 heteroatoms. The minimum atomic E-state index is 0.00922. The fraction of sp³-hybridized carbons (Fsp3) is 0.200. The molecule has 1 heterocycles. The number of pyridine rings is 1. The van der Waals surface area contributed by atoms with Crippen LogP contribution in [0.2, 0.25) is 10.0 Å². The molecule has 0 atom stereocenters. The highest BCUT2D eigenvalue weighted by atomic mass is 35.5. The summed E-state index contributed by atoms with van der Waals surface area (Å²) in [6.07, 6.45) is 3.52. The van der Waals surface area contributed by atoms with E-state index in [2.05, 4.69) is 4.98 Å². The first-order chi connectivity index (χ1) is 9.56. The molecule has 104 valence electrons. The molecule has 0 unspecified atom stereocenters. The lowest BCUT2D eigenvalue weighted by Gasteiger charge is -2.15. The summed E-state index contributed by atoms with van der Waals surface area (Å²) in [7, 11) is 1.89. The van der Waals surface area contributed by atoms with E-state index in [0.717, 1.165) is 5.56 Å². The van der Waals surface area contributed by atoms with Crippen molar-refractivity contribution < 1.29 is 4.79 Å². The number of halogens is 2. The molecule has 0 N–H and O–H groups in total. The van der Waals surface area contributed by atoms with Gasteiger partial charge in [-0.2, -0.15) is 0 Å². The molecule has 1 aromatic carbocycles. The Morgan fingerprint density at radius 3 is 2.70 bits per heavy atom. The quantitative estimate of drug-likeness (QED) is 0.790. The summed E-state index contributed by atoms with van der Waals surface area (Å²) in [5, 5.41) is 0.847. The number of likely N-dealkylation sites (N-methyl/N-ethyl adjacent to an activating group) is 1. The minimum Gasteiger partial charge on any atom is -0.295 e. The topological polar surface area (TPSA) is 33.2 Å². The fourth-order valence-corrected chi connectivity index (χ4v) is 2.16. The van der Waals surface area contributed by atoms with Gasteiger partial charge in [0.25, 0.3) is 0 Å². The standard InChI is InChI=1S/C15H14Cl2N2O/c1-19(9-11-3-2-6-18-8-11)10-15(20)12-4-5-13(16)14(17)7-12/h2-8H,9-10H2,1H3. The molecular weight excluding hydrogens is 295 g/mol. The zero-order valence-corrected chi connectivity index (χ0v) is 12.5. The number of carbonyl (C=O) groups excluding carboxylic acids is 1. The Hall–Kier alpha value is -1.42. The summed E-state index contributed by atoms with van der Waals surface area (Å²) in [5.41, 5.74) is 1.63. The van der Waals surface area contributed by atoms with Crippen LogP contribution in [0, 0.1) is 0 Å². The van der Waals surface area contributed by atoms with Gasteiger partial charge in [0.15, 0.2) is 5.78 Å². The lowest BCUT2D eigenvalue weighted by molar-refractivity contribution is 0.0943. The summed E-state index contributed by atoms with van der Waals surface area (Å²) < 4.78 is 0. The average Bonchev–Trinajstić information content (AvgIpc) is 2.42. The van der Waals surface area contributed by atoms with Gasteiger partial charge in [-0.3, -0.25) is 14.7 Å². The van der Waals surface area contributed by atoms with Gasteiger partial charge in [0, 0.05) is 24.5 Å². The van der Waals surface area contributed by atoms with E-state index >= 15 is 0 Å². The van der Waals surface area contributed by atoms with Crippen LogP contribution >= 0.6 is 23.2 Å². The first-order valence-corrected chi connectivity index (χ1v) is 6.87. The van der Waals surface area contributed by atoms with Crippen molar-refractivity contribution in [1.82, 2.24) is 9.88 Å². The molecule has 3 nitrogen and oxygen atoms in total. The Morgan fingerprint density at radius 2 is 2.05 bits per heavy atom. The van der Waals surface area contributed by atoms with Crippen molar-refractivity contribution in [2.75, 3.05) is 13.6 Å². The van der Waals surface area contributed by atoms with Crippen LogP contribution in [-0.2, 0) is 6.54 Å². The van der Waals surface area contributed by atoms with Crippen molar-refractivity contribution >= 4 is 29.0 Å². The zero-order valence-electron chi connectivity index (χ0n) is 11.0.